The summed E-state index contributed by atoms with van der Waals surface area (Å²) >= 11 is 0. The number of hydrogen-bond acceptors (Lipinski definition) is 5. The summed E-state index contributed by atoms with van der Waals surface area (Å²) in [5, 5.41) is 3.30. The van der Waals surface area contributed by atoms with E-state index < -0.39 is 0 Å². The molecule has 1 fully saturated rings. The molecule has 2 aromatic rings. The van der Waals surface area contributed by atoms with Crippen molar-refractivity contribution in [2.45, 2.75) is 20.4 Å². The van der Waals surface area contributed by atoms with Gasteiger partial charge in [-0.25, -0.2) is 0 Å². The summed E-state index contributed by atoms with van der Waals surface area (Å²) in [6, 6.07) is 12.4. The van der Waals surface area contributed by atoms with Crippen LogP contribution in [-0.2, 0) is 11.3 Å². The molecule has 2 aliphatic rings. The van der Waals surface area contributed by atoms with Gasteiger partial charge in [-0.2, -0.15) is 0 Å². The Morgan fingerprint density at radius 3 is 2.61 bits per heavy atom. The molecule has 28 heavy (non-hydrogen) atoms. The van der Waals surface area contributed by atoms with Crippen LogP contribution in [0, 0.1) is 13.8 Å². The Morgan fingerprint density at radius 1 is 1.00 bits per heavy atom. The van der Waals surface area contributed by atoms with Gasteiger partial charge in [0, 0.05) is 38.4 Å². The zero-order valence-electron chi connectivity index (χ0n) is 16.5. The van der Waals surface area contributed by atoms with Crippen LogP contribution in [0.3, 0.4) is 0 Å². The highest BCUT2D eigenvalue weighted by molar-refractivity contribution is 5.81. The Hall–Kier alpha value is -2.73. The molecule has 0 bridgehead atoms. The van der Waals surface area contributed by atoms with Crippen molar-refractivity contribution in [3.8, 4) is 11.5 Å². The lowest BCUT2D eigenvalue weighted by Crippen LogP contribution is -2.49. The second-order valence-corrected chi connectivity index (χ2v) is 7.52. The van der Waals surface area contributed by atoms with Crippen molar-refractivity contribution < 1.29 is 14.3 Å². The molecule has 0 aromatic heterocycles. The molecule has 148 valence electrons. The van der Waals surface area contributed by atoms with Crippen LogP contribution in [0.15, 0.2) is 36.4 Å². The molecule has 6 heteroatoms. The molecular weight excluding hydrogens is 354 g/mol. The second-order valence-electron chi connectivity index (χ2n) is 7.52. The summed E-state index contributed by atoms with van der Waals surface area (Å²) in [5.74, 6) is 1.79. The zero-order valence-corrected chi connectivity index (χ0v) is 16.5. The number of carbonyl (C=O) groups excluding carboxylic acids is 1. The number of amides is 1. The number of carbonyl (C=O) groups is 1. The third-order valence-electron chi connectivity index (χ3n) is 5.39. The first kappa shape index (κ1) is 18.6. The number of hydrogen-bond donors (Lipinski definition) is 1. The van der Waals surface area contributed by atoms with Crippen LogP contribution in [-0.4, -0.2) is 55.2 Å². The van der Waals surface area contributed by atoms with E-state index in [1.54, 1.807) is 0 Å². The third-order valence-corrected chi connectivity index (χ3v) is 5.39. The van der Waals surface area contributed by atoms with Gasteiger partial charge in [0.15, 0.2) is 11.5 Å². The molecule has 2 aromatic carbocycles. The summed E-state index contributed by atoms with van der Waals surface area (Å²) in [5.41, 5.74) is 4.60. The lowest BCUT2D eigenvalue weighted by Gasteiger charge is -2.35. The fourth-order valence-electron chi connectivity index (χ4n) is 3.66. The molecule has 0 radical (unpaired) electrons. The van der Waals surface area contributed by atoms with Gasteiger partial charge in [0.2, 0.25) is 12.7 Å². The van der Waals surface area contributed by atoms with Gasteiger partial charge >= 0.3 is 0 Å². The molecule has 0 saturated carbocycles. The molecule has 0 aliphatic carbocycles. The predicted octanol–water partition coefficient (Wildman–Crippen LogP) is 2.79. The number of anilines is 1. The monoisotopic (exact) mass is 381 g/mol. The maximum atomic E-state index is 12.6. The average Bonchev–Trinajstić information content (AvgIpc) is 3.17. The van der Waals surface area contributed by atoms with Crippen LogP contribution in [0.4, 0.5) is 5.69 Å². The Kier molecular flexibility index (Phi) is 5.39. The van der Waals surface area contributed by atoms with Crippen molar-refractivity contribution in [2.24, 2.45) is 0 Å². The van der Waals surface area contributed by atoms with E-state index in [9.17, 15) is 4.79 Å². The number of nitrogens with zero attached hydrogens (tertiary/aromatic N) is 2. The van der Waals surface area contributed by atoms with Gasteiger partial charge in [0.05, 0.1) is 6.54 Å². The number of nitrogens with one attached hydrogen (secondary N) is 1. The molecule has 0 unspecified atom stereocenters. The van der Waals surface area contributed by atoms with Crippen LogP contribution in [0.5, 0.6) is 11.5 Å². The van der Waals surface area contributed by atoms with Crippen molar-refractivity contribution in [1.29, 1.82) is 0 Å². The van der Waals surface area contributed by atoms with Crippen molar-refractivity contribution in [3.63, 3.8) is 0 Å². The van der Waals surface area contributed by atoms with E-state index >= 15 is 0 Å². The SMILES string of the molecule is Cc1ccc(C)c(NCC(=O)N2CCN(Cc3ccc4c(c3)OCO4)CC2)c1. The fraction of sp³-hybridized carbons (Fsp3) is 0.409. The van der Waals surface area contributed by atoms with Gasteiger partial charge in [0.1, 0.15) is 0 Å². The quantitative estimate of drug-likeness (QED) is 0.863. The van der Waals surface area contributed by atoms with Gasteiger partial charge in [-0.15, -0.1) is 0 Å². The number of piperazine rings is 1. The van der Waals surface area contributed by atoms with E-state index in [1.807, 2.05) is 17.0 Å². The number of fused-ring (bicyclic) bond motifs is 1. The van der Waals surface area contributed by atoms with Crippen LogP contribution >= 0.6 is 0 Å². The predicted molar refractivity (Wildman–Crippen MR) is 109 cm³/mol. The highest BCUT2D eigenvalue weighted by Gasteiger charge is 2.22. The largest absolute Gasteiger partial charge is 0.454 e. The molecule has 6 nitrogen and oxygen atoms in total. The minimum atomic E-state index is 0.156. The van der Waals surface area contributed by atoms with E-state index in [4.69, 9.17) is 9.47 Å². The fourth-order valence-corrected chi connectivity index (χ4v) is 3.66. The summed E-state index contributed by atoms with van der Waals surface area (Å²) in [6.45, 7) is 8.90. The van der Waals surface area contributed by atoms with Gasteiger partial charge in [-0.3, -0.25) is 9.69 Å². The van der Waals surface area contributed by atoms with Crippen LogP contribution in [0.2, 0.25) is 0 Å². The van der Waals surface area contributed by atoms with Gasteiger partial charge in [0.25, 0.3) is 0 Å². The second kappa shape index (κ2) is 8.10. The van der Waals surface area contributed by atoms with Crippen LogP contribution in [0.25, 0.3) is 0 Å². The Labute approximate surface area is 166 Å². The van der Waals surface area contributed by atoms with E-state index in [0.717, 1.165) is 55.5 Å². The maximum Gasteiger partial charge on any atom is 0.241 e. The molecule has 1 N–H and O–H groups in total. The van der Waals surface area contributed by atoms with Crippen LogP contribution < -0.4 is 14.8 Å². The lowest BCUT2D eigenvalue weighted by molar-refractivity contribution is -0.131. The first-order chi connectivity index (χ1) is 13.6. The standard InChI is InChI=1S/C22H27N3O3/c1-16-3-4-17(2)19(11-16)23-13-22(26)25-9-7-24(8-10-25)14-18-5-6-20-21(12-18)28-15-27-20/h3-6,11-12,23H,7-10,13-15H2,1-2H3. The van der Waals surface area contributed by atoms with Gasteiger partial charge in [-0.1, -0.05) is 18.2 Å². The highest BCUT2D eigenvalue weighted by atomic mass is 16.7. The summed E-state index contributed by atoms with van der Waals surface area (Å²) in [7, 11) is 0. The maximum absolute atomic E-state index is 12.6. The van der Waals surface area contributed by atoms with E-state index in [2.05, 4.69) is 48.3 Å². The van der Waals surface area contributed by atoms with Gasteiger partial charge < -0.3 is 19.7 Å². The first-order valence-corrected chi connectivity index (χ1v) is 9.78. The summed E-state index contributed by atoms with van der Waals surface area (Å²) < 4.78 is 10.8. The van der Waals surface area contributed by atoms with E-state index in [1.165, 1.54) is 11.1 Å². The van der Waals surface area contributed by atoms with Crippen molar-refractivity contribution in [2.75, 3.05) is 44.8 Å². The molecule has 2 heterocycles. The minimum Gasteiger partial charge on any atom is -0.454 e. The van der Waals surface area contributed by atoms with Gasteiger partial charge in [-0.05, 0) is 48.7 Å². The Morgan fingerprint density at radius 2 is 1.79 bits per heavy atom. The molecular formula is C22H27N3O3. The van der Waals surface area contributed by atoms with E-state index in [0.29, 0.717) is 13.3 Å². The smallest absolute Gasteiger partial charge is 0.241 e. The number of ether oxygens (including phenoxy) is 2. The average molecular weight is 381 g/mol. The molecule has 0 spiro atoms. The molecule has 2 aliphatic heterocycles. The number of rotatable bonds is 5. The normalized spacial score (nSPS) is 16.3. The minimum absolute atomic E-state index is 0.156. The van der Waals surface area contributed by atoms with Crippen LogP contribution in [0.1, 0.15) is 16.7 Å². The van der Waals surface area contributed by atoms with Crippen molar-refractivity contribution in [3.05, 3.63) is 53.1 Å². The summed E-state index contributed by atoms with van der Waals surface area (Å²) in [6.07, 6.45) is 0. The summed E-state index contributed by atoms with van der Waals surface area (Å²) in [4.78, 5) is 16.9. The lowest BCUT2D eigenvalue weighted by atomic mass is 10.1. The Balaban J connectivity index is 1.25. The molecule has 1 amide bonds. The highest BCUT2D eigenvalue weighted by Crippen LogP contribution is 2.32. The molecule has 0 atom stereocenters. The molecule has 4 rings (SSSR count). The Bertz CT molecular complexity index is 860. The number of aryl methyl sites for hydroxylation is 2. The van der Waals surface area contributed by atoms with Crippen molar-refractivity contribution in [1.82, 2.24) is 9.80 Å². The first-order valence-electron chi connectivity index (χ1n) is 9.78. The topological polar surface area (TPSA) is 54.0 Å². The van der Waals surface area contributed by atoms with Crippen molar-refractivity contribution >= 4 is 11.6 Å². The number of benzene rings is 2. The zero-order chi connectivity index (χ0) is 19.5. The van der Waals surface area contributed by atoms with E-state index in [-0.39, 0.29) is 5.91 Å². The molecule has 1 saturated heterocycles. The third kappa shape index (κ3) is 4.22.